The van der Waals surface area contributed by atoms with Gasteiger partial charge in [0.1, 0.15) is 16.6 Å². The van der Waals surface area contributed by atoms with Crippen molar-refractivity contribution in [3.8, 4) is 0 Å². The number of rotatable bonds is 4. The molecule has 1 aliphatic heterocycles. The van der Waals surface area contributed by atoms with Gasteiger partial charge in [0, 0.05) is 19.7 Å². The van der Waals surface area contributed by atoms with Crippen LogP contribution in [0.25, 0.3) is 0 Å². The van der Waals surface area contributed by atoms with E-state index in [9.17, 15) is 18.3 Å². The summed E-state index contributed by atoms with van der Waals surface area (Å²) >= 11 is 3.27. The second-order valence-electron chi connectivity index (χ2n) is 4.91. The molecule has 1 aromatic heterocycles. The number of oxazole rings is 1. The standard InChI is InChI=1S/C13H15BrF3N3O2/c1-8-12(21)19(2)11(14)5-20(8)10(3-4-13(15,16)17)9-6-22-7-18-9/h5-7,10,21H,3-4H2,1-2H3. The summed E-state index contributed by atoms with van der Waals surface area (Å²) in [7, 11) is 1.64. The average Bonchev–Trinajstić information content (AvgIpc) is 2.95. The van der Waals surface area contributed by atoms with Crippen LogP contribution in [0.2, 0.25) is 0 Å². The van der Waals surface area contributed by atoms with Gasteiger partial charge in [0.2, 0.25) is 5.88 Å². The smallest absolute Gasteiger partial charge is 0.389 e. The van der Waals surface area contributed by atoms with Crippen molar-refractivity contribution < 1.29 is 22.7 Å². The highest BCUT2D eigenvalue weighted by Gasteiger charge is 2.34. The molecule has 9 heteroatoms. The maximum atomic E-state index is 12.6. The molecule has 0 saturated heterocycles. The van der Waals surface area contributed by atoms with E-state index < -0.39 is 18.6 Å². The van der Waals surface area contributed by atoms with Crippen LogP contribution in [0.3, 0.4) is 0 Å². The Balaban J connectivity index is 2.33. The Hall–Kier alpha value is -1.64. The minimum absolute atomic E-state index is 0.0464. The zero-order valence-electron chi connectivity index (χ0n) is 11.9. The third kappa shape index (κ3) is 3.57. The third-order valence-electron chi connectivity index (χ3n) is 3.42. The van der Waals surface area contributed by atoms with Gasteiger partial charge in [-0.05, 0) is 29.3 Å². The van der Waals surface area contributed by atoms with Gasteiger partial charge in [0.05, 0.1) is 11.7 Å². The monoisotopic (exact) mass is 381 g/mol. The number of hydrogen-bond acceptors (Lipinski definition) is 5. The van der Waals surface area contributed by atoms with Crippen molar-refractivity contribution >= 4 is 15.9 Å². The third-order valence-corrected chi connectivity index (χ3v) is 4.16. The number of hydrogen-bond donors (Lipinski definition) is 1. The van der Waals surface area contributed by atoms with Crippen molar-refractivity contribution in [3.05, 3.63) is 40.7 Å². The number of alkyl halides is 3. The predicted molar refractivity (Wildman–Crippen MR) is 76.5 cm³/mol. The van der Waals surface area contributed by atoms with Crippen molar-refractivity contribution in [2.24, 2.45) is 0 Å². The molecule has 1 unspecified atom stereocenters. The summed E-state index contributed by atoms with van der Waals surface area (Å²) < 4.78 is 43.2. The van der Waals surface area contributed by atoms with Crippen LogP contribution in [0.1, 0.15) is 31.5 Å². The average molecular weight is 382 g/mol. The SMILES string of the molecule is CC1=C(O)N(C)C(Br)=CN1C(CCC(F)(F)F)c1cocn1. The lowest BCUT2D eigenvalue weighted by atomic mass is 10.1. The van der Waals surface area contributed by atoms with Crippen molar-refractivity contribution in [2.45, 2.75) is 32.0 Å². The minimum Gasteiger partial charge on any atom is -0.493 e. The van der Waals surface area contributed by atoms with Crippen molar-refractivity contribution in [2.75, 3.05) is 7.05 Å². The van der Waals surface area contributed by atoms with Crippen LogP contribution in [-0.2, 0) is 0 Å². The molecule has 2 heterocycles. The van der Waals surface area contributed by atoms with Gasteiger partial charge in [-0.2, -0.15) is 13.2 Å². The summed E-state index contributed by atoms with van der Waals surface area (Å²) in [4.78, 5) is 7.00. The molecule has 1 aliphatic rings. The van der Waals surface area contributed by atoms with Gasteiger partial charge in [0.25, 0.3) is 0 Å². The van der Waals surface area contributed by atoms with Crippen molar-refractivity contribution in [1.29, 1.82) is 0 Å². The second-order valence-corrected chi connectivity index (χ2v) is 5.72. The number of aromatic nitrogens is 1. The molecule has 5 nitrogen and oxygen atoms in total. The molecule has 0 amide bonds. The second kappa shape index (κ2) is 6.23. The predicted octanol–water partition coefficient (Wildman–Crippen LogP) is 4.25. The Morgan fingerprint density at radius 3 is 2.68 bits per heavy atom. The van der Waals surface area contributed by atoms with E-state index in [1.165, 1.54) is 17.6 Å². The summed E-state index contributed by atoms with van der Waals surface area (Å²) in [6, 6.07) is -0.691. The number of allylic oxidation sites excluding steroid dienone is 1. The summed E-state index contributed by atoms with van der Waals surface area (Å²) in [5.41, 5.74) is 0.804. The van der Waals surface area contributed by atoms with Crippen LogP contribution in [0.4, 0.5) is 13.2 Å². The largest absolute Gasteiger partial charge is 0.493 e. The van der Waals surface area contributed by atoms with Gasteiger partial charge < -0.3 is 19.3 Å². The van der Waals surface area contributed by atoms with Crippen LogP contribution in [0.5, 0.6) is 0 Å². The van der Waals surface area contributed by atoms with Crippen molar-refractivity contribution in [3.63, 3.8) is 0 Å². The normalized spacial score (nSPS) is 17.8. The molecular formula is C13H15BrF3N3O2. The topological polar surface area (TPSA) is 52.7 Å². The van der Waals surface area contributed by atoms with Crippen LogP contribution in [-0.4, -0.2) is 33.1 Å². The quantitative estimate of drug-likeness (QED) is 0.790. The Morgan fingerprint density at radius 1 is 1.45 bits per heavy atom. The maximum Gasteiger partial charge on any atom is 0.389 e. The number of nitrogens with zero attached hydrogens (tertiary/aromatic N) is 3. The first kappa shape index (κ1) is 16.7. The molecule has 22 heavy (non-hydrogen) atoms. The summed E-state index contributed by atoms with van der Waals surface area (Å²) in [6.07, 6.45) is -1.34. The van der Waals surface area contributed by atoms with Gasteiger partial charge >= 0.3 is 6.18 Å². The fraction of sp³-hybridized carbons (Fsp3) is 0.462. The van der Waals surface area contributed by atoms with E-state index in [4.69, 9.17) is 4.42 Å². The first-order valence-electron chi connectivity index (χ1n) is 6.45. The molecule has 0 aliphatic carbocycles. The molecular weight excluding hydrogens is 367 g/mol. The lowest BCUT2D eigenvalue weighted by Gasteiger charge is -2.36. The minimum atomic E-state index is -4.27. The van der Waals surface area contributed by atoms with Crippen LogP contribution in [0.15, 0.2) is 39.5 Å². The van der Waals surface area contributed by atoms with Gasteiger partial charge in [-0.15, -0.1) is 0 Å². The van der Waals surface area contributed by atoms with E-state index >= 15 is 0 Å². The fourth-order valence-electron chi connectivity index (χ4n) is 2.20. The molecule has 0 radical (unpaired) electrons. The van der Waals surface area contributed by atoms with Gasteiger partial charge in [-0.3, -0.25) is 0 Å². The molecule has 1 N–H and O–H groups in total. The Bertz CT molecular complexity index is 584. The maximum absolute atomic E-state index is 12.6. The first-order valence-corrected chi connectivity index (χ1v) is 7.24. The molecule has 2 rings (SSSR count). The first-order chi connectivity index (χ1) is 10.2. The van der Waals surface area contributed by atoms with Crippen molar-refractivity contribution in [1.82, 2.24) is 14.8 Å². The zero-order chi connectivity index (χ0) is 16.5. The molecule has 0 aromatic carbocycles. The van der Waals surface area contributed by atoms with Gasteiger partial charge in [-0.25, -0.2) is 4.98 Å². The Kier molecular flexibility index (Phi) is 4.74. The number of aliphatic hydroxyl groups excluding tert-OH is 1. The zero-order valence-corrected chi connectivity index (χ0v) is 13.5. The molecule has 0 fully saturated rings. The van der Waals surface area contributed by atoms with Crippen LogP contribution >= 0.6 is 15.9 Å². The summed E-state index contributed by atoms with van der Waals surface area (Å²) in [5.74, 6) is -0.0464. The molecule has 0 saturated carbocycles. The molecule has 1 aromatic rings. The van der Waals surface area contributed by atoms with E-state index in [0.717, 1.165) is 0 Å². The lowest BCUT2D eigenvalue weighted by Crippen LogP contribution is -2.32. The highest BCUT2D eigenvalue weighted by atomic mass is 79.9. The highest BCUT2D eigenvalue weighted by Crippen LogP contribution is 2.37. The van der Waals surface area contributed by atoms with E-state index in [0.29, 0.717) is 16.0 Å². The Morgan fingerprint density at radius 2 is 2.14 bits per heavy atom. The summed E-state index contributed by atoms with van der Waals surface area (Å²) in [5, 5.41) is 10.1. The molecule has 122 valence electrons. The molecule has 1 atom stereocenters. The fourth-order valence-corrected chi connectivity index (χ4v) is 2.59. The van der Waals surface area contributed by atoms with Gasteiger partial charge in [-0.1, -0.05) is 0 Å². The van der Waals surface area contributed by atoms with E-state index in [1.807, 2.05) is 0 Å². The summed E-state index contributed by atoms with van der Waals surface area (Å²) in [6.45, 7) is 1.63. The van der Waals surface area contributed by atoms with Gasteiger partial charge in [0.15, 0.2) is 6.39 Å². The number of halogens is 4. The number of aliphatic hydroxyl groups is 1. The highest BCUT2D eigenvalue weighted by molar-refractivity contribution is 9.11. The molecule has 0 spiro atoms. The molecule has 0 bridgehead atoms. The van der Waals surface area contributed by atoms with E-state index in [1.54, 1.807) is 25.1 Å². The Labute approximate surface area is 133 Å². The lowest BCUT2D eigenvalue weighted by molar-refractivity contribution is -0.137. The van der Waals surface area contributed by atoms with Crippen LogP contribution in [0, 0.1) is 0 Å². The van der Waals surface area contributed by atoms with Crippen LogP contribution < -0.4 is 0 Å². The van der Waals surface area contributed by atoms with E-state index in [-0.39, 0.29) is 12.3 Å². The van der Waals surface area contributed by atoms with E-state index in [2.05, 4.69) is 20.9 Å².